The monoisotopic (exact) mass is 641 g/mol. The molecule has 0 aromatic rings. The van der Waals surface area contributed by atoms with Crippen LogP contribution in [0.2, 0.25) is 0 Å². The number of carbonyl (C=O) groups is 2. The molecule has 264 valence electrons. The Labute approximate surface area is 283 Å². The van der Waals surface area contributed by atoms with Crippen LogP contribution in [0.3, 0.4) is 0 Å². The molecule has 0 spiro atoms. The predicted molar refractivity (Wildman–Crippen MR) is 191 cm³/mol. The summed E-state index contributed by atoms with van der Waals surface area (Å²) < 4.78 is 6.12. The zero-order valence-electron chi connectivity index (χ0n) is 30.5. The van der Waals surface area contributed by atoms with Crippen molar-refractivity contribution in [1.29, 1.82) is 0 Å². The second-order valence-electron chi connectivity index (χ2n) is 17.0. The van der Waals surface area contributed by atoms with Crippen LogP contribution in [0.5, 0.6) is 0 Å². The topological polar surface area (TPSA) is 63.6 Å². The van der Waals surface area contributed by atoms with E-state index in [1.54, 1.807) is 0 Å². The van der Waals surface area contributed by atoms with E-state index in [2.05, 4.69) is 39.8 Å². The highest BCUT2D eigenvalue weighted by Crippen LogP contribution is 2.68. The number of unbranched alkanes of at least 4 members (excludes halogenated alkanes) is 11. The normalized spacial score (nSPS) is 34.5. The first-order chi connectivity index (χ1) is 22.2. The number of hydrogen-bond donors (Lipinski definition) is 1. The summed E-state index contributed by atoms with van der Waals surface area (Å²) in [5, 5.41) is 9.26. The Hall–Kier alpha value is -1.32. The van der Waals surface area contributed by atoms with E-state index in [0.717, 1.165) is 49.9 Å². The average Bonchev–Trinajstić information content (AvgIpc) is 3.39. The zero-order chi connectivity index (χ0) is 33.0. The van der Waals surface area contributed by atoms with Gasteiger partial charge in [0.15, 0.2) is 0 Å². The standard InChI is InChI=1S/C42H72O4/c1-5-6-7-8-9-10-11-12-13-14-15-16-17-18-19-20-40(45)46-34-27-29-41(3)33(31-34)22-23-35-37-25-24-36(32(2)21-26-39(43)44)42(37,4)30-28-38(35)41/h12-13,32-38H,5-11,14-31H2,1-4H3,(H,43,44)/b13-12-/t32-,33?,34-,35?,36-,37?,38?,41+,42-/m1/s1. The van der Waals surface area contributed by atoms with Crippen molar-refractivity contribution >= 4 is 11.9 Å². The molecule has 4 fully saturated rings. The van der Waals surface area contributed by atoms with Crippen LogP contribution in [0.15, 0.2) is 12.2 Å². The second kappa shape index (κ2) is 18.4. The first-order valence-corrected chi connectivity index (χ1v) is 20.2. The maximum atomic E-state index is 12.8. The molecule has 0 aromatic heterocycles. The lowest BCUT2D eigenvalue weighted by Gasteiger charge is -2.61. The minimum atomic E-state index is -0.647. The predicted octanol–water partition coefficient (Wildman–Crippen LogP) is 12.1. The SMILES string of the molecule is CCCCCCCC/C=C\CCCCCCCC(=O)O[C@@H]1CC[C@@]2(C)C(CCC3C2CC[C@@]2(C)C3CC[C@@H]2[C@H](C)CCC(=O)O)C1. The van der Waals surface area contributed by atoms with Crippen LogP contribution >= 0.6 is 0 Å². The van der Waals surface area contributed by atoms with Gasteiger partial charge in [-0.15, -0.1) is 0 Å². The molecule has 0 heterocycles. The van der Waals surface area contributed by atoms with Gasteiger partial charge in [-0.05, 0) is 143 Å². The third kappa shape index (κ3) is 9.87. The lowest BCUT2D eigenvalue weighted by Crippen LogP contribution is -2.54. The summed E-state index contributed by atoms with van der Waals surface area (Å²) in [6, 6.07) is 0. The number of carbonyl (C=O) groups excluding carboxylic acids is 1. The van der Waals surface area contributed by atoms with E-state index in [4.69, 9.17) is 4.74 Å². The van der Waals surface area contributed by atoms with Crippen molar-refractivity contribution in [2.75, 3.05) is 0 Å². The van der Waals surface area contributed by atoms with E-state index < -0.39 is 5.97 Å². The first-order valence-electron chi connectivity index (χ1n) is 20.2. The smallest absolute Gasteiger partial charge is 0.306 e. The molecule has 4 heteroatoms. The van der Waals surface area contributed by atoms with Crippen LogP contribution < -0.4 is 0 Å². The van der Waals surface area contributed by atoms with E-state index in [1.807, 2.05) is 0 Å². The van der Waals surface area contributed by atoms with E-state index in [-0.39, 0.29) is 12.1 Å². The van der Waals surface area contributed by atoms with Crippen LogP contribution in [0, 0.1) is 46.3 Å². The maximum absolute atomic E-state index is 12.8. The highest BCUT2D eigenvalue weighted by Gasteiger charge is 2.60. The third-order valence-corrected chi connectivity index (χ3v) is 14.1. The van der Waals surface area contributed by atoms with Gasteiger partial charge in [0, 0.05) is 12.8 Å². The molecule has 4 aliphatic carbocycles. The molecule has 0 aromatic carbocycles. The summed E-state index contributed by atoms with van der Waals surface area (Å²) in [6.07, 6.45) is 34.5. The molecule has 0 amide bonds. The van der Waals surface area contributed by atoms with E-state index in [0.29, 0.717) is 41.4 Å². The minimum Gasteiger partial charge on any atom is -0.481 e. The molecule has 4 aliphatic rings. The van der Waals surface area contributed by atoms with Crippen LogP contribution in [-0.2, 0) is 14.3 Å². The molecule has 0 aliphatic heterocycles. The summed E-state index contributed by atoms with van der Waals surface area (Å²) >= 11 is 0. The molecule has 9 atom stereocenters. The van der Waals surface area contributed by atoms with Gasteiger partial charge in [0.25, 0.3) is 0 Å². The quantitative estimate of drug-likeness (QED) is 0.0817. The lowest BCUT2D eigenvalue weighted by atomic mass is 9.44. The van der Waals surface area contributed by atoms with Gasteiger partial charge in [-0.2, -0.15) is 0 Å². The Morgan fingerprint density at radius 2 is 1.39 bits per heavy atom. The molecular formula is C42H72O4. The highest BCUT2D eigenvalue weighted by atomic mass is 16.5. The maximum Gasteiger partial charge on any atom is 0.306 e. The lowest BCUT2D eigenvalue weighted by molar-refractivity contribution is -0.162. The first kappa shape index (κ1) is 37.5. The third-order valence-electron chi connectivity index (χ3n) is 14.1. The van der Waals surface area contributed by atoms with Gasteiger partial charge in [0.1, 0.15) is 6.10 Å². The van der Waals surface area contributed by atoms with Crippen molar-refractivity contribution in [3.8, 4) is 0 Å². The zero-order valence-corrected chi connectivity index (χ0v) is 30.5. The van der Waals surface area contributed by atoms with Crippen molar-refractivity contribution in [2.24, 2.45) is 46.3 Å². The van der Waals surface area contributed by atoms with Gasteiger partial charge in [-0.1, -0.05) is 91.2 Å². The molecule has 4 rings (SSSR count). The summed E-state index contributed by atoms with van der Waals surface area (Å²) in [4.78, 5) is 24.0. The van der Waals surface area contributed by atoms with Crippen LogP contribution in [0.25, 0.3) is 0 Å². The van der Waals surface area contributed by atoms with Crippen molar-refractivity contribution in [3.05, 3.63) is 12.2 Å². The fraction of sp³-hybridized carbons (Fsp3) is 0.905. The van der Waals surface area contributed by atoms with Gasteiger partial charge in [0.05, 0.1) is 0 Å². The summed E-state index contributed by atoms with van der Waals surface area (Å²) in [5.74, 6) is 3.72. The summed E-state index contributed by atoms with van der Waals surface area (Å²) in [7, 11) is 0. The molecule has 4 unspecified atom stereocenters. The van der Waals surface area contributed by atoms with Crippen molar-refractivity contribution in [2.45, 2.75) is 194 Å². The van der Waals surface area contributed by atoms with Gasteiger partial charge in [-0.3, -0.25) is 9.59 Å². The number of esters is 1. The Morgan fingerprint density at radius 3 is 2.09 bits per heavy atom. The van der Waals surface area contributed by atoms with Crippen LogP contribution in [-0.4, -0.2) is 23.1 Å². The fourth-order valence-corrected chi connectivity index (χ4v) is 11.4. The van der Waals surface area contributed by atoms with E-state index in [1.165, 1.54) is 116 Å². The average molecular weight is 641 g/mol. The number of aliphatic carboxylic acids is 1. The number of rotatable bonds is 20. The van der Waals surface area contributed by atoms with Crippen LogP contribution in [0.1, 0.15) is 188 Å². The Balaban J connectivity index is 1.10. The number of fused-ring (bicyclic) bond motifs is 5. The van der Waals surface area contributed by atoms with E-state index >= 15 is 0 Å². The Bertz CT molecular complexity index is 957. The van der Waals surface area contributed by atoms with Gasteiger partial charge in [-0.25, -0.2) is 0 Å². The number of allylic oxidation sites excluding steroid dienone is 2. The van der Waals surface area contributed by atoms with Crippen molar-refractivity contribution in [1.82, 2.24) is 0 Å². The summed E-state index contributed by atoms with van der Waals surface area (Å²) in [6.45, 7) is 9.78. The molecule has 46 heavy (non-hydrogen) atoms. The van der Waals surface area contributed by atoms with Gasteiger partial charge >= 0.3 is 11.9 Å². The Morgan fingerprint density at radius 1 is 0.761 bits per heavy atom. The molecule has 4 saturated carbocycles. The molecular weight excluding hydrogens is 568 g/mol. The largest absolute Gasteiger partial charge is 0.481 e. The molecule has 4 nitrogen and oxygen atoms in total. The molecule has 0 saturated heterocycles. The Kier molecular flexibility index (Phi) is 15.0. The van der Waals surface area contributed by atoms with Gasteiger partial charge < -0.3 is 9.84 Å². The number of ether oxygens (including phenoxy) is 1. The molecule has 0 radical (unpaired) electrons. The number of hydrogen-bond acceptors (Lipinski definition) is 3. The number of carboxylic acid groups (broad SMARTS) is 1. The fourth-order valence-electron chi connectivity index (χ4n) is 11.4. The molecule has 1 N–H and O–H groups in total. The van der Waals surface area contributed by atoms with Crippen molar-refractivity contribution in [3.63, 3.8) is 0 Å². The van der Waals surface area contributed by atoms with Crippen LogP contribution in [0.4, 0.5) is 0 Å². The summed E-state index contributed by atoms with van der Waals surface area (Å²) in [5.41, 5.74) is 0.780. The minimum absolute atomic E-state index is 0.0439. The second-order valence-corrected chi connectivity index (χ2v) is 17.0. The van der Waals surface area contributed by atoms with Gasteiger partial charge in [0.2, 0.25) is 0 Å². The highest BCUT2D eigenvalue weighted by molar-refractivity contribution is 5.69. The van der Waals surface area contributed by atoms with E-state index in [9.17, 15) is 14.7 Å². The molecule has 0 bridgehead atoms. The number of carboxylic acids is 1. The van der Waals surface area contributed by atoms with Crippen molar-refractivity contribution < 1.29 is 19.4 Å².